The fourth-order valence-electron chi connectivity index (χ4n) is 1.73. The van der Waals surface area contributed by atoms with Crippen LogP contribution in [0.25, 0.3) is 0 Å². The molecule has 80 valence electrons. The first kappa shape index (κ1) is 11.2. The van der Waals surface area contributed by atoms with Gasteiger partial charge < -0.3 is 4.90 Å². The van der Waals surface area contributed by atoms with Crippen molar-refractivity contribution in [2.24, 2.45) is 0 Å². The fraction of sp³-hybridized carbons (Fsp3) is 0.727. The van der Waals surface area contributed by atoms with E-state index in [2.05, 4.69) is 32.3 Å². The van der Waals surface area contributed by atoms with Crippen LogP contribution in [-0.2, 0) is 4.79 Å². The average Bonchev–Trinajstić information content (AvgIpc) is 2.15. The van der Waals surface area contributed by atoms with Gasteiger partial charge in [0.1, 0.15) is 0 Å². The van der Waals surface area contributed by atoms with Gasteiger partial charge in [-0.1, -0.05) is 6.58 Å². The molecule has 1 saturated heterocycles. The lowest BCUT2D eigenvalue weighted by atomic mass is 10.1. The van der Waals surface area contributed by atoms with Gasteiger partial charge in [0.25, 0.3) is 0 Å². The Morgan fingerprint density at radius 1 is 1.21 bits per heavy atom. The van der Waals surface area contributed by atoms with Crippen LogP contribution >= 0.6 is 0 Å². The molecular weight excluding hydrogens is 176 g/mol. The van der Waals surface area contributed by atoms with Gasteiger partial charge >= 0.3 is 0 Å². The first-order valence-electron chi connectivity index (χ1n) is 5.11. The van der Waals surface area contributed by atoms with E-state index in [1.54, 1.807) is 0 Å². The summed E-state index contributed by atoms with van der Waals surface area (Å²) in [6.07, 6.45) is 1.40. The Hall–Kier alpha value is -0.830. The van der Waals surface area contributed by atoms with E-state index in [1.165, 1.54) is 6.08 Å². The van der Waals surface area contributed by atoms with Crippen LogP contribution in [0, 0.1) is 0 Å². The summed E-state index contributed by atoms with van der Waals surface area (Å²) in [7, 11) is 0. The molecule has 1 aliphatic rings. The van der Waals surface area contributed by atoms with Gasteiger partial charge in [0.05, 0.1) is 0 Å². The zero-order valence-corrected chi connectivity index (χ0v) is 9.42. The molecule has 0 aromatic carbocycles. The Kier molecular flexibility index (Phi) is 3.32. The SMILES string of the molecule is C=CC(=O)N1CCN(C(C)(C)C)CC1. The van der Waals surface area contributed by atoms with E-state index >= 15 is 0 Å². The number of carbonyl (C=O) groups excluding carboxylic acids is 1. The molecule has 0 saturated carbocycles. The Labute approximate surface area is 86.4 Å². The van der Waals surface area contributed by atoms with E-state index in [-0.39, 0.29) is 11.4 Å². The summed E-state index contributed by atoms with van der Waals surface area (Å²) in [5.74, 6) is 0.0542. The van der Waals surface area contributed by atoms with Gasteiger partial charge in [-0.2, -0.15) is 0 Å². The van der Waals surface area contributed by atoms with Crippen molar-refractivity contribution in [2.45, 2.75) is 26.3 Å². The number of piperazine rings is 1. The van der Waals surface area contributed by atoms with Crippen molar-refractivity contribution in [1.29, 1.82) is 0 Å². The lowest BCUT2D eigenvalue weighted by molar-refractivity contribution is -0.128. The maximum absolute atomic E-state index is 11.3. The molecule has 0 radical (unpaired) electrons. The van der Waals surface area contributed by atoms with Gasteiger partial charge in [-0.05, 0) is 26.8 Å². The average molecular weight is 196 g/mol. The Bertz CT molecular complexity index is 222. The summed E-state index contributed by atoms with van der Waals surface area (Å²) in [5, 5.41) is 0. The second-order valence-electron chi connectivity index (χ2n) is 4.69. The molecule has 14 heavy (non-hydrogen) atoms. The Morgan fingerprint density at radius 2 is 1.71 bits per heavy atom. The molecule has 1 heterocycles. The third-order valence-electron chi connectivity index (χ3n) is 2.71. The molecule has 0 N–H and O–H groups in total. The molecule has 1 rings (SSSR count). The van der Waals surface area contributed by atoms with Gasteiger partial charge in [0.2, 0.25) is 5.91 Å². The third kappa shape index (κ3) is 2.58. The zero-order valence-electron chi connectivity index (χ0n) is 9.42. The summed E-state index contributed by atoms with van der Waals surface area (Å²) in [4.78, 5) is 15.6. The van der Waals surface area contributed by atoms with Crippen LogP contribution in [0.2, 0.25) is 0 Å². The predicted octanol–water partition coefficient (Wildman–Crippen LogP) is 1.12. The van der Waals surface area contributed by atoms with Crippen molar-refractivity contribution < 1.29 is 4.79 Å². The molecule has 0 aromatic rings. The quantitative estimate of drug-likeness (QED) is 0.587. The molecule has 0 spiro atoms. The smallest absolute Gasteiger partial charge is 0.246 e. The van der Waals surface area contributed by atoms with Crippen LogP contribution in [0.1, 0.15) is 20.8 Å². The summed E-state index contributed by atoms with van der Waals surface area (Å²) >= 11 is 0. The van der Waals surface area contributed by atoms with Crippen molar-refractivity contribution in [3.05, 3.63) is 12.7 Å². The van der Waals surface area contributed by atoms with Crippen LogP contribution in [0.3, 0.4) is 0 Å². The van der Waals surface area contributed by atoms with E-state index in [9.17, 15) is 4.79 Å². The van der Waals surface area contributed by atoms with E-state index < -0.39 is 0 Å². The second kappa shape index (κ2) is 4.13. The zero-order chi connectivity index (χ0) is 10.8. The van der Waals surface area contributed by atoms with Crippen molar-refractivity contribution in [3.63, 3.8) is 0 Å². The van der Waals surface area contributed by atoms with Crippen molar-refractivity contribution in [3.8, 4) is 0 Å². The van der Waals surface area contributed by atoms with Gasteiger partial charge in [-0.25, -0.2) is 0 Å². The minimum Gasteiger partial charge on any atom is -0.337 e. The summed E-state index contributed by atoms with van der Waals surface area (Å²) in [5.41, 5.74) is 0.212. The molecule has 1 fully saturated rings. The van der Waals surface area contributed by atoms with Gasteiger partial charge in [0, 0.05) is 31.7 Å². The first-order valence-corrected chi connectivity index (χ1v) is 5.11. The molecule has 0 atom stereocenters. The largest absolute Gasteiger partial charge is 0.337 e. The number of hydrogen-bond acceptors (Lipinski definition) is 2. The second-order valence-corrected chi connectivity index (χ2v) is 4.69. The van der Waals surface area contributed by atoms with Crippen LogP contribution in [0.4, 0.5) is 0 Å². The predicted molar refractivity (Wildman–Crippen MR) is 58.1 cm³/mol. The van der Waals surface area contributed by atoms with Crippen LogP contribution in [0.15, 0.2) is 12.7 Å². The molecule has 3 nitrogen and oxygen atoms in total. The lowest BCUT2D eigenvalue weighted by Gasteiger charge is -2.42. The maximum atomic E-state index is 11.3. The molecule has 0 unspecified atom stereocenters. The van der Waals surface area contributed by atoms with Crippen molar-refractivity contribution in [2.75, 3.05) is 26.2 Å². The highest BCUT2D eigenvalue weighted by molar-refractivity contribution is 5.87. The number of carbonyl (C=O) groups is 1. The molecular formula is C11H20N2O. The molecule has 1 amide bonds. The Balaban J connectivity index is 2.46. The minimum absolute atomic E-state index is 0.0542. The number of amides is 1. The van der Waals surface area contributed by atoms with Crippen molar-refractivity contribution >= 4 is 5.91 Å². The Morgan fingerprint density at radius 3 is 2.07 bits per heavy atom. The monoisotopic (exact) mass is 196 g/mol. The highest BCUT2D eigenvalue weighted by Gasteiger charge is 2.26. The van der Waals surface area contributed by atoms with Gasteiger partial charge in [-0.3, -0.25) is 9.69 Å². The highest BCUT2D eigenvalue weighted by Crippen LogP contribution is 2.15. The topological polar surface area (TPSA) is 23.6 Å². The molecule has 0 bridgehead atoms. The molecule has 0 aromatic heterocycles. The molecule has 0 aliphatic carbocycles. The van der Waals surface area contributed by atoms with E-state index in [0.717, 1.165) is 26.2 Å². The maximum Gasteiger partial charge on any atom is 0.246 e. The summed E-state index contributed by atoms with van der Waals surface area (Å²) in [6.45, 7) is 13.7. The van der Waals surface area contributed by atoms with E-state index in [1.807, 2.05) is 4.90 Å². The standard InChI is InChI=1S/C11H20N2O/c1-5-10(14)12-6-8-13(9-7-12)11(2,3)4/h5H,1,6-9H2,2-4H3. The normalized spacial score (nSPS) is 19.5. The number of nitrogens with zero attached hydrogens (tertiary/aromatic N) is 2. The summed E-state index contributed by atoms with van der Waals surface area (Å²) < 4.78 is 0. The van der Waals surface area contributed by atoms with Crippen LogP contribution in [-0.4, -0.2) is 47.4 Å². The molecule has 3 heteroatoms. The van der Waals surface area contributed by atoms with Crippen LogP contribution in [0.5, 0.6) is 0 Å². The lowest BCUT2D eigenvalue weighted by Crippen LogP contribution is -2.54. The van der Waals surface area contributed by atoms with Crippen molar-refractivity contribution in [1.82, 2.24) is 9.80 Å². The van der Waals surface area contributed by atoms with Gasteiger partial charge in [0.15, 0.2) is 0 Å². The van der Waals surface area contributed by atoms with Crippen LogP contribution < -0.4 is 0 Å². The highest BCUT2D eigenvalue weighted by atomic mass is 16.2. The number of hydrogen-bond donors (Lipinski definition) is 0. The third-order valence-corrected chi connectivity index (χ3v) is 2.71. The molecule has 1 aliphatic heterocycles. The fourth-order valence-corrected chi connectivity index (χ4v) is 1.73. The van der Waals surface area contributed by atoms with E-state index in [0.29, 0.717) is 0 Å². The minimum atomic E-state index is 0.0542. The number of rotatable bonds is 1. The first-order chi connectivity index (χ1) is 6.45. The van der Waals surface area contributed by atoms with Gasteiger partial charge in [-0.15, -0.1) is 0 Å². The van der Waals surface area contributed by atoms with E-state index in [4.69, 9.17) is 0 Å². The summed E-state index contributed by atoms with van der Waals surface area (Å²) in [6, 6.07) is 0.